The van der Waals surface area contributed by atoms with Crippen LogP contribution in [0.5, 0.6) is 0 Å². The molecule has 31 heavy (non-hydrogen) atoms. The Hall–Kier alpha value is -3.86. The van der Waals surface area contributed by atoms with Crippen LogP contribution in [0.3, 0.4) is 0 Å². The van der Waals surface area contributed by atoms with Crippen molar-refractivity contribution in [2.24, 2.45) is 0 Å². The Kier molecular flexibility index (Phi) is 7.22. The highest BCUT2D eigenvalue weighted by molar-refractivity contribution is 5.90. The molecule has 0 bridgehead atoms. The fourth-order valence-electron chi connectivity index (χ4n) is 3.49. The molecule has 3 rings (SSSR count). The summed E-state index contributed by atoms with van der Waals surface area (Å²) in [6.07, 6.45) is -0.428. The summed E-state index contributed by atoms with van der Waals surface area (Å²) in [6.45, 7) is 0.240. The van der Waals surface area contributed by atoms with E-state index in [0.717, 1.165) is 16.7 Å². The van der Waals surface area contributed by atoms with E-state index in [2.05, 4.69) is 5.32 Å². The van der Waals surface area contributed by atoms with Gasteiger partial charge in [0, 0.05) is 12.8 Å². The van der Waals surface area contributed by atoms with Gasteiger partial charge in [0.2, 0.25) is 5.91 Å². The van der Waals surface area contributed by atoms with Crippen molar-refractivity contribution >= 4 is 18.0 Å². The number of carbonyl (C=O) groups is 3. The maximum absolute atomic E-state index is 13.0. The van der Waals surface area contributed by atoms with E-state index in [1.54, 1.807) is 0 Å². The standard InChI is InChI=1S/C23H23N3O5/c24-12-6-11-19(22(28)29)25-21(27)20-13-17-9-4-5-10-18(17)14-26(20)23(30)31-15-16-7-2-1-3-8-16/h1-5,7-10,19-20H,6,11,13-15H2,(H,25,27)(H,28,29)/t19-,20+/m1/s1. The van der Waals surface area contributed by atoms with Crippen molar-refractivity contribution in [3.63, 3.8) is 0 Å². The van der Waals surface area contributed by atoms with E-state index in [1.165, 1.54) is 4.90 Å². The Bertz CT molecular complexity index is 986. The number of rotatable bonds is 7. The largest absolute Gasteiger partial charge is 0.480 e. The van der Waals surface area contributed by atoms with Gasteiger partial charge in [0.05, 0.1) is 12.6 Å². The summed E-state index contributed by atoms with van der Waals surface area (Å²) in [5.74, 6) is -1.81. The Morgan fingerprint density at radius 2 is 1.81 bits per heavy atom. The van der Waals surface area contributed by atoms with Gasteiger partial charge >= 0.3 is 12.1 Å². The number of carbonyl (C=O) groups excluding carboxylic acids is 2. The maximum atomic E-state index is 13.0. The lowest BCUT2D eigenvalue weighted by Gasteiger charge is -2.35. The molecule has 0 aliphatic carbocycles. The molecule has 0 spiro atoms. The molecule has 2 atom stereocenters. The van der Waals surface area contributed by atoms with Crippen LogP contribution in [-0.2, 0) is 33.9 Å². The monoisotopic (exact) mass is 421 g/mol. The topological polar surface area (TPSA) is 120 Å². The van der Waals surface area contributed by atoms with E-state index >= 15 is 0 Å². The van der Waals surface area contributed by atoms with Crippen LogP contribution in [0.4, 0.5) is 4.79 Å². The van der Waals surface area contributed by atoms with Crippen molar-refractivity contribution in [3.8, 4) is 6.07 Å². The van der Waals surface area contributed by atoms with E-state index in [1.807, 2.05) is 60.7 Å². The molecule has 0 saturated heterocycles. The number of carboxylic acid groups (broad SMARTS) is 1. The van der Waals surface area contributed by atoms with Crippen molar-refractivity contribution < 1.29 is 24.2 Å². The van der Waals surface area contributed by atoms with Crippen molar-refractivity contribution in [2.45, 2.75) is 44.5 Å². The number of carboxylic acids is 1. The lowest BCUT2D eigenvalue weighted by Crippen LogP contribution is -2.55. The molecule has 0 unspecified atom stereocenters. The number of amides is 2. The van der Waals surface area contributed by atoms with Gasteiger partial charge in [-0.05, 0) is 23.1 Å². The summed E-state index contributed by atoms with van der Waals surface area (Å²) in [4.78, 5) is 38.6. The van der Waals surface area contributed by atoms with Gasteiger partial charge in [-0.2, -0.15) is 5.26 Å². The van der Waals surface area contributed by atoms with Crippen LogP contribution in [0.25, 0.3) is 0 Å². The first-order valence-corrected chi connectivity index (χ1v) is 9.94. The normalized spacial score (nSPS) is 15.8. The predicted molar refractivity (Wildman–Crippen MR) is 111 cm³/mol. The number of ether oxygens (including phenoxy) is 1. The number of aliphatic carboxylic acids is 1. The third kappa shape index (κ3) is 5.60. The van der Waals surface area contributed by atoms with E-state index in [0.29, 0.717) is 0 Å². The molecular formula is C23H23N3O5. The van der Waals surface area contributed by atoms with Crippen molar-refractivity contribution in [2.75, 3.05) is 0 Å². The third-order valence-electron chi connectivity index (χ3n) is 5.15. The highest BCUT2D eigenvalue weighted by Crippen LogP contribution is 2.24. The second kappa shape index (κ2) is 10.3. The molecule has 0 radical (unpaired) electrons. The highest BCUT2D eigenvalue weighted by Gasteiger charge is 2.37. The average Bonchev–Trinajstić information content (AvgIpc) is 2.79. The van der Waals surface area contributed by atoms with E-state index in [9.17, 15) is 19.5 Å². The van der Waals surface area contributed by atoms with Crippen molar-refractivity contribution in [1.82, 2.24) is 10.2 Å². The van der Waals surface area contributed by atoms with E-state index in [-0.39, 0.29) is 32.4 Å². The van der Waals surface area contributed by atoms with Gasteiger partial charge in [0.15, 0.2) is 0 Å². The zero-order valence-corrected chi connectivity index (χ0v) is 16.9. The fraction of sp³-hybridized carbons (Fsp3) is 0.304. The van der Waals surface area contributed by atoms with Crippen LogP contribution >= 0.6 is 0 Å². The fourth-order valence-corrected chi connectivity index (χ4v) is 3.49. The van der Waals surface area contributed by atoms with Crippen LogP contribution in [0.15, 0.2) is 54.6 Å². The molecule has 1 aliphatic rings. The van der Waals surface area contributed by atoms with Crippen LogP contribution in [0, 0.1) is 11.3 Å². The minimum atomic E-state index is -1.22. The summed E-state index contributed by atoms with van der Waals surface area (Å²) >= 11 is 0. The molecule has 1 aliphatic heterocycles. The van der Waals surface area contributed by atoms with Crippen LogP contribution in [0.2, 0.25) is 0 Å². The number of nitrogens with one attached hydrogen (secondary N) is 1. The quantitative estimate of drug-likeness (QED) is 0.709. The second-order valence-electron chi connectivity index (χ2n) is 7.25. The first kappa shape index (κ1) is 21.8. The predicted octanol–water partition coefficient (Wildman–Crippen LogP) is 2.62. The van der Waals surface area contributed by atoms with Crippen LogP contribution in [0.1, 0.15) is 29.5 Å². The van der Waals surface area contributed by atoms with Gasteiger partial charge in [-0.25, -0.2) is 9.59 Å². The molecule has 2 N–H and O–H groups in total. The Morgan fingerprint density at radius 3 is 2.48 bits per heavy atom. The molecule has 2 aromatic carbocycles. The van der Waals surface area contributed by atoms with Crippen molar-refractivity contribution in [3.05, 3.63) is 71.3 Å². The molecule has 0 saturated carbocycles. The molecule has 160 valence electrons. The highest BCUT2D eigenvalue weighted by atomic mass is 16.6. The number of hydrogen-bond acceptors (Lipinski definition) is 5. The zero-order valence-electron chi connectivity index (χ0n) is 16.9. The second-order valence-corrected chi connectivity index (χ2v) is 7.25. The average molecular weight is 421 g/mol. The lowest BCUT2D eigenvalue weighted by atomic mass is 9.93. The molecule has 1 heterocycles. The molecule has 2 aromatic rings. The summed E-state index contributed by atoms with van der Waals surface area (Å²) < 4.78 is 5.43. The summed E-state index contributed by atoms with van der Waals surface area (Å²) in [5, 5.41) is 20.6. The first-order valence-electron chi connectivity index (χ1n) is 9.94. The molecule has 2 amide bonds. The molecule has 8 nitrogen and oxygen atoms in total. The molecule has 8 heteroatoms. The Labute approximate surface area is 180 Å². The third-order valence-corrected chi connectivity index (χ3v) is 5.15. The Morgan fingerprint density at radius 1 is 1.13 bits per heavy atom. The first-order chi connectivity index (χ1) is 15.0. The maximum Gasteiger partial charge on any atom is 0.411 e. The van der Waals surface area contributed by atoms with E-state index in [4.69, 9.17) is 10.00 Å². The van der Waals surface area contributed by atoms with Gasteiger partial charge in [-0.15, -0.1) is 0 Å². The number of fused-ring (bicyclic) bond motifs is 1. The zero-order chi connectivity index (χ0) is 22.2. The number of hydrogen-bond donors (Lipinski definition) is 2. The minimum absolute atomic E-state index is 0.00637. The molecule has 0 fully saturated rings. The number of nitrogens with zero attached hydrogens (tertiary/aromatic N) is 2. The smallest absolute Gasteiger partial charge is 0.411 e. The van der Waals surface area contributed by atoms with Gasteiger partial charge in [-0.3, -0.25) is 9.69 Å². The number of benzene rings is 2. The van der Waals surface area contributed by atoms with Crippen LogP contribution < -0.4 is 5.32 Å². The number of nitriles is 1. The SMILES string of the molecule is N#CCC[C@@H](NC(=O)[C@@H]1Cc2ccccc2CN1C(=O)OCc1ccccc1)C(=O)O. The minimum Gasteiger partial charge on any atom is -0.480 e. The summed E-state index contributed by atoms with van der Waals surface area (Å²) in [5.41, 5.74) is 2.64. The van der Waals surface area contributed by atoms with E-state index < -0.39 is 30.1 Å². The van der Waals surface area contributed by atoms with Gasteiger partial charge in [0.25, 0.3) is 0 Å². The van der Waals surface area contributed by atoms with Gasteiger partial charge < -0.3 is 15.2 Å². The Balaban J connectivity index is 1.77. The summed E-state index contributed by atoms with van der Waals surface area (Å²) in [6, 6.07) is 16.4. The van der Waals surface area contributed by atoms with Crippen molar-refractivity contribution in [1.29, 1.82) is 5.26 Å². The van der Waals surface area contributed by atoms with Gasteiger partial charge in [0.1, 0.15) is 18.7 Å². The van der Waals surface area contributed by atoms with Crippen LogP contribution in [-0.4, -0.2) is 40.1 Å². The lowest BCUT2D eigenvalue weighted by molar-refractivity contribution is -0.142. The van der Waals surface area contributed by atoms with Gasteiger partial charge in [-0.1, -0.05) is 54.6 Å². The summed E-state index contributed by atoms with van der Waals surface area (Å²) in [7, 11) is 0. The molecular weight excluding hydrogens is 398 g/mol. The molecule has 0 aromatic heterocycles.